The van der Waals surface area contributed by atoms with Gasteiger partial charge in [-0.05, 0) is 44.0 Å². The molecule has 0 bridgehead atoms. The van der Waals surface area contributed by atoms with Gasteiger partial charge in [-0.3, -0.25) is 9.69 Å². The Kier molecular flexibility index (Phi) is 4.35. The molecule has 0 spiro atoms. The molecule has 2 N–H and O–H groups in total. The lowest BCUT2D eigenvalue weighted by Gasteiger charge is -2.38. The third-order valence-electron chi connectivity index (χ3n) is 4.00. The Bertz CT molecular complexity index is 529. The number of carboxylic acids is 1. The van der Waals surface area contributed by atoms with Gasteiger partial charge in [-0.15, -0.1) is 0 Å². The molecule has 1 heterocycles. The van der Waals surface area contributed by atoms with Gasteiger partial charge in [0.05, 0.1) is 5.92 Å². The lowest BCUT2D eigenvalue weighted by Crippen LogP contribution is -2.50. The van der Waals surface area contributed by atoms with Gasteiger partial charge in [0.2, 0.25) is 0 Å². The minimum Gasteiger partial charge on any atom is -0.508 e. The average Bonchev–Trinajstić information content (AvgIpc) is 2.46. The summed E-state index contributed by atoms with van der Waals surface area (Å²) < 4.78 is 0. The molecule has 0 aromatic heterocycles. The van der Waals surface area contributed by atoms with E-state index in [1.807, 2.05) is 6.92 Å². The molecule has 0 radical (unpaired) electrons. The van der Waals surface area contributed by atoms with Gasteiger partial charge in [-0.2, -0.15) is 0 Å². The number of aliphatic carboxylic acids is 1. The highest BCUT2D eigenvalue weighted by Crippen LogP contribution is 2.25. The molecule has 1 saturated heterocycles. The molecule has 1 aliphatic heterocycles. The highest BCUT2D eigenvalue weighted by Gasteiger charge is 2.33. The van der Waals surface area contributed by atoms with Gasteiger partial charge in [-0.25, -0.2) is 4.79 Å². The van der Waals surface area contributed by atoms with Gasteiger partial charge in [0.1, 0.15) is 5.75 Å². The van der Waals surface area contributed by atoms with Crippen LogP contribution >= 0.6 is 0 Å². The molecule has 1 aromatic rings. The van der Waals surface area contributed by atoms with Crippen LogP contribution in [0.3, 0.4) is 0 Å². The first-order chi connectivity index (χ1) is 9.90. The number of rotatable bonds is 2. The molecule has 1 aromatic carbocycles. The highest BCUT2D eigenvalue weighted by atomic mass is 16.4. The Morgan fingerprint density at radius 2 is 1.90 bits per heavy atom. The first-order valence-corrected chi connectivity index (χ1v) is 6.96. The van der Waals surface area contributed by atoms with Crippen molar-refractivity contribution in [3.63, 3.8) is 0 Å². The number of amides is 2. The monoisotopic (exact) mass is 292 g/mol. The van der Waals surface area contributed by atoms with Gasteiger partial charge in [0.25, 0.3) is 0 Å². The molecule has 6 heteroatoms. The lowest BCUT2D eigenvalue weighted by atomic mass is 9.92. The van der Waals surface area contributed by atoms with Crippen molar-refractivity contribution >= 4 is 17.7 Å². The van der Waals surface area contributed by atoms with Crippen LogP contribution in [0.1, 0.15) is 19.8 Å². The molecular formula is C15H20N2O4. The SMILES string of the molecule is CC1CC(C(=O)O)CCN1C(=O)N(C)c1ccc(O)cc1. The Morgan fingerprint density at radius 3 is 2.43 bits per heavy atom. The number of likely N-dealkylation sites (tertiary alicyclic amines) is 1. The van der Waals surface area contributed by atoms with E-state index in [0.717, 1.165) is 0 Å². The zero-order valence-corrected chi connectivity index (χ0v) is 12.2. The Morgan fingerprint density at radius 1 is 1.29 bits per heavy atom. The summed E-state index contributed by atoms with van der Waals surface area (Å²) in [4.78, 5) is 26.8. The van der Waals surface area contributed by atoms with Gasteiger partial charge in [-0.1, -0.05) is 0 Å². The fraction of sp³-hybridized carbons (Fsp3) is 0.467. The number of phenols is 1. The number of aromatic hydroxyl groups is 1. The van der Waals surface area contributed by atoms with Crippen molar-refractivity contribution in [2.75, 3.05) is 18.5 Å². The van der Waals surface area contributed by atoms with Crippen molar-refractivity contribution in [2.45, 2.75) is 25.8 Å². The van der Waals surface area contributed by atoms with Crippen LogP contribution in [0.4, 0.5) is 10.5 Å². The summed E-state index contributed by atoms with van der Waals surface area (Å²) in [6.45, 7) is 2.32. The molecular weight excluding hydrogens is 272 g/mol. The molecule has 0 aliphatic carbocycles. The van der Waals surface area contributed by atoms with Gasteiger partial charge < -0.3 is 15.1 Å². The number of hydrogen-bond donors (Lipinski definition) is 2. The molecule has 2 atom stereocenters. The molecule has 2 unspecified atom stereocenters. The summed E-state index contributed by atoms with van der Waals surface area (Å²) in [7, 11) is 1.67. The fourth-order valence-corrected chi connectivity index (χ4v) is 2.66. The van der Waals surface area contributed by atoms with Crippen LogP contribution in [0, 0.1) is 5.92 Å². The summed E-state index contributed by atoms with van der Waals surface area (Å²) in [5.74, 6) is -1.01. The molecule has 6 nitrogen and oxygen atoms in total. The predicted octanol–water partition coefficient (Wildman–Crippen LogP) is 2.13. The number of carbonyl (C=O) groups is 2. The van der Waals surface area contributed by atoms with E-state index in [2.05, 4.69) is 0 Å². The van der Waals surface area contributed by atoms with E-state index in [9.17, 15) is 14.7 Å². The third kappa shape index (κ3) is 3.26. The van der Waals surface area contributed by atoms with Crippen LogP contribution in [-0.4, -0.2) is 46.7 Å². The lowest BCUT2D eigenvalue weighted by molar-refractivity contribution is -0.143. The maximum absolute atomic E-state index is 12.5. The Balaban J connectivity index is 2.06. The maximum atomic E-state index is 12.5. The topological polar surface area (TPSA) is 81.1 Å². The smallest absolute Gasteiger partial charge is 0.324 e. The molecule has 0 saturated carbocycles. The van der Waals surface area contributed by atoms with E-state index < -0.39 is 5.97 Å². The quantitative estimate of drug-likeness (QED) is 0.875. The van der Waals surface area contributed by atoms with Crippen LogP contribution in [0.15, 0.2) is 24.3 Å². The Hall–Kier alpha value is -2.24. The summed E-state index contributed by atoms with van der Waals surface area (Å²) >= 11 is 0. The van der Waals surface area contributed by atoms with E-state index in [0.29, 0.717) is 25.1 Å². The summed E-state index contributed by atoms with van der Waals surface area (Å²) in [5.41, 5.74) is 0.686. The number of anilines is 1. The van der Waals surface area contributed by atoms with Gasteiger partial charge in [0.15, 0.2) is 0 Å². The van der Waals surface area contributed by atoms with E-state index in [4.69, 9.17) is 5.11 Å². The minimum absolute atomic E-state index is 0.105. The number of urea groups is 1. The van der Waals surface area contributed by atoms with Crippen LogP contribution in [0.2, 0.25) is 0 Å². The number of hydrogen-bond acceptors (Lipinski definition) is 3. The van der Waals surface area contributed by atoms with Crippen LogP contribution < -0.4 is 4.90 Å². The van der Waals surface area contributed by atoms with E-state index >= 15 is 0 Å². The first kappa shape index (κ1) is 15.2. The second-order valence-electron chi connectivity index (χ2n) is 5.46. The van der Waals surface area contributed by atoms with Crippen molar-refractivity contribution in [3.8, 4) is 5.75 Å². The fourth-order valence-electron chi connectivity index (χ4n) is 2.66. The molecule has 114 valence electrons. The minimum atomic E-state index is -0.791. The van der Waals surface area contributed by atoms with Crippen molar-refractivity contribution in [3.05, 3.63) is 24.3 Å². The summed E-state index contributed by atoms with van der Waals surface area (Å²) in [6.07, 6.45) is 0.958. The normalized spacial score (nSPS) is 21.9. The first-order valence-electron chi connectivity index (χ1n) is 6.96. The second kappa shape index (κ2) is 6.03. The number of phenolic OH excluding ortho intramolecular Hbond substituents is 1. The van der Waals surface area contributed by atoms with Gasteiger partial charge >= 0.3 is 12.0 Å². The number of piperidine rings is 1. The van der Waals surface area contributed by atoms with Gasteiger partial charge in [0, 0.05) is 25.3 Å². The molecule has 1 aliphatic rings. The number of benzene rings is 1. The van der Waals surface area contributed by atoms with E-state index in [1.54, 1.807) is 24.1 Å². The number of nitrogens with zero attached hydrogens (tertiary/aromatic N) is 2. The molecule has 2 amide bonds. The molecule has 2 rings (SSSR count). The van der Waals surface area contributed by atoms with Crippen molar-refractivity contribution in [1.82, 2.24) is 4.90 Å². The van der Waals surface area contributed by atoms with Crippen LogP contribution in [0.25, 0.3) is 0 Å². The standard InChI is InChI=1S/C15H20N2O4/c1-10-9-11(14(19)20)7-8-17(10)15(21)16(2)12-3-5-13(18)6-4-12/h3-6,10-11,18H,7-9H2,1-2H3,(H,19,20). The number of carboxylic acid groups (broad SMARTS) is 1. The van der Waals surface area contributed by atoms with Crippen molar-refractivity contribution in [1.29, 1.82) is 0 Å². The number of carbonyl (C=O) groups excluding carboxylic acids is 1. The third-order valence-corrected chi connectivity index (χ3v) is 4.00. The summed E-state index contributed by atoms with van der Waals surface area (Å²) in [6, 6.07) is 6.13. The van der Waals surface area contributed by atoms with E-state index in [1.165, 1.54) is 17.0 Å². The zero-order valence-electron chi connectivity index (χ0n) is 12.2. The van der Waals surface area contributed by atoms with E-state index in [-0.39, 0.29) is 23.7 Å². The molecule has 1 fully saturated rings. The van der Waals surface area contributed by atoms with Crippen molar-refractivity contribution in [2.24, 2.45) is 5.92 Å². The Labute approximate surface area is 123 Å². The predicted molar refractivity (Wildman–Crippen MR) is 78.4 cm³/mol. The molecule has 21 heavy (non-hydrogen) atoms. The zero-order chi connectivity index (χ0) is 15.6. The average molecular weight is 292 g/mol. The van der Waals surface area contributed by atoms with Crippen LogP contribution in [0.5, 0.6) is 5.75 Å². The van der Waals surface area contributed by atoms with Crippen LogP contribution in [-0.2, 0) is 4.79 Å². The second-order valence-corrected chi connectivity index (χ2v) is 5.46. The largest absolute Gasteiger partial charge is 0.508 e. The highest BCUT2D eigenvalue weighted by molar-refractivity contribution is 5.91. The maximum Gasteiger partial charge on any atom is 0.324 e. The van der Waals surface area contributed by atoms with Crippen molar-refractivity contribution < 1.29 is 19.8 Å². The summed E-state index contributed by atoms with van der Waals surface area (Å²) in [5, 5.41) is 18.3.